The number of anilines is 1. The van der Waals surface area contributed by atoms with Gasteiger partial charge in [0.25, 0.3) is 11.8 Å². The van der Waals surface area contributed by atoms with Crippen molar-refractivity contribution in [2.24, 2.45) is 5.16 Å². The maximum atomic E-state index is 13.0. The summed E-state index contributed by atoms with van der Waals surface area (Å²) in [7, 11) is 1.28. The number of nitrogens with zero attached hydrogens (tertiary/aromatic N) is 7. The van der Waals surface area contributed by atoms with Gasteiger partial charge >= 0.3 is 5.97 Å². The van der Waals surface area contributed by atoms with Crippen LogP contribution in [0.25, 0.3) is 5.65 Å². The maximum absolute atomic E-state index is 13.0. The number of carboxylic acid groups (broad SMARTS) is 1. The molecule has 5 heterocycles. The predicted molar refractivity (Wildman–Crippen MR) is 131 cm³/mol. The van der Waals surface area contributed by atoms with E-state index in [1.807, 2.05) is 0 Å². The molecule has 1 saturated heterocycles. The van der Waals surface area contributed by atoms with Crippen molar-refractivity contribution < 1.29 is 24.3 Å². The smallest absolute Gasteiger partial charge is 0.352 e. The van der Waals surface area contributed by atoms with Crippen molar-refractivity contribution in [2.75, 3.05) is 24.3 Å². The monoisotopic (exact) mass is 547 g/mol. The molecule has 0 saturated carbocycles. The highest BCUT2D eigenvalue weighted by Crippen LogP contribution is 2.41. The SMILES string of the molecule is CO/N=C(\C(=O)N[C@@H]1C(=O)N2C(C(=O)O)=C(CSc3nnc4cccnn34)CS[C@H]12)c1csc(N)n1. The molecule has 2 amide bonds. The number of nitrogens with one attached hydrogen (secondary N) is 1. The zero-order valence-corrected chi connectivity index (χ0v) is 20.8. The first kappa shape index (κ1) is 24.0. The van der Waals surface area contributed by atoms with Crippen LogP contribution in [0.3, 0.4) is 0 Å². The van der Waals surface area contributed by atoms with Gasteiger partial charge in [0.15, 0.2) is 16.5 Å². The second-order valence-corrected chi connectivity index (χ2v) is 10.3. The van der Waals surface area contributed by atoms with Crippen LogP contribution in [0.2, 0.25) is 0 Å². The number of aliphatic carboxylic acids is 1. The summed E-state index contributed by atoms with van der Waals surface area (Å²) in [5.41, 5.74) is 6.73. The molecular formula is C19H17N9O5S3. The Bertz CT molecular complexity index is 1430. The van der Waals surface area contributed by atoms with E-state index in [1.54, 1.807) is 28.2 Å². The Morgan fingerprint density at radius 3 is 2.97 bits per heavy atom. The van der Waals surface area contributed by atoms with Gasteiger partial charge in [0, 0.05) is 23.1 Å². The normalized spacial score (nSPS) is 19.8. The number of carbonyl (C=O) groups excluding carboxylic acids is 2. The van der Waals surface area contributed by atoms with Crippen LogP contribution in [0.15, 0.2) is 45.3 Å². The highest BCUT2D eigenvalue weighted by Gasteiger charge is 2.54. The molecule has 17 heteroatoms. The summed E-state index contributed by atoms with van der Waals surface area (Å²) in [6, 6.07) is 2.56. The van der Waals surface area contributed by atoms with E-state index in [0.29, 0.717) is 22.1 Å². The van der Waals surface area contributed by atoms with Crippen LogP contribution in [0.1, 0.15) is 5.69 Å². The lowest BCUT2D eigenvalue weighted by Gasteiger charge is -2.49. The van der Waals surface area contributed by atoms with Crippen LogP contribution in [0.4, 0.5) is 5.13 Å². The zero-order valence-electron chi connectivity index (χ0n) is 18.4. The first-order chi connectivity index (χ1) is 17.4. The Hall–Kier alpha value is -3.70. The number of carboxylic acids is 1. The Labute approximate surface area is 215 Å². The minimum Gasteiger partial charge on any atom is -0.477 e. The second kappa shape index (κ2) is 9.75. The quantitative estimate of drug-likeness (QED) is 0.149. The van der Waals surface area contributed by atoms with Crippen LogP contribution in [-0.4, -0.2) is 88.3 Å². The molecule has 0 unspecified atom stereocenters. The Morgan fingerprint density at radius 2 is 2.25 bits per heavy atom. The molecule has 4 N–H and O–H groups in total. The average molecular weight is 548 g/mol. The lowest BCUT2D eigenvalue weighted by molar-refractivity contribution is -0.150. The summed E-state index contributed by atoms with van der Waals surface area (Å²) < 4.78 is 1.56. The number of oxime groups is 1. The lowest BCUT2D eigenvalue weighted by Crippen LogP contribution is -2.71. The maximum Gasteiger partial charge on any atom is 0.352 e. The largest absolute Gasteiger partial charge is 0.477 e. The molecule has 0 aromatic carbocycles. The second-order valence-electron chi connectivity index (χ2n) is 7.38. The minimum atomic E-state index is -1.22. The molecule has 186 valence electrons. The molecule has 3 aromatic heterocycles. The molecule has 0 radical (unpaired) electrons. The number of hydrogen-bond donors (Lipinski definition) is 3. The van der Waals surface area contributed by atoms with Crippen LogP contribution in [-0.2, 0) is 19.2 Å². The topological polar surface area (TPSA) is 190 Å². The zero-order chi connectivity index (χ0) is 25.4. The fourth-order valence-electron chi connectivity index (χ4n) is 3.66. The summed E-state index contributed by atoms with van der Waals surface area (Å²) in [4.78, 5) is 47.9. The van der Waals surface area contributed by atoms with E-state index in [4.69, 9.17) is 10.6 Å². The van der Waals surface area contributed by atoms with Gasteiger partial charge in [-0.15, -0.1) is 33.3 Å². The van der Waals surface area contributed by atoms with Gasteiger partial charge in [-0.05, 0) is 17.7 Å². The number of aromatic nitrogens is 5. The van der Waals surface area contributed by atoms with E-state index >= 15 is 0 Å². The molecule has 0 aliphatic carbocycles. The predicted octanol–water partition coefficient (Wildman–Crippen LogP) is 0.0444. The van der Waals surface area contributed by atoms with Crippen LogP contribution in [0, 0.1) is 0 Å². The van der Waals surface area contributed by atoms with E-state index in [2.05, 4.69) is 30.8 Å². The van der Waals surface area contributed by atoms with E-state index in [-0.39, 0.29) is 28.0 Å². The molecular weight excluding hydrogens is 530 g/mol. The molecule has 2 aliphatic rings. The molecule has 0 spiro atoms. The van der Waals surface area contributed by atoms with E-state index in [1.165, 1.54) is 35.5 Å². The van der Waals surface area contributed by atoms with Crippen molar-refractivity contribution >= 4 is 69.1 Å². The number of carbonyl (C=O) groups is 3. The van der Waals surface area contributed by atoms with Gasteiger partial charge in [-0.3, -0.25) is 14.5 Å². The minimum absolute atomic E-state index is 0.0958. The number of fused-ring (bicyclic) bond motifs is 2. The number of amides is 2. The van der Waals surface area contributed by atoms with Gasteiger partial charge in [-0.25, -0.2) is 9.78 Å². The fraction of sp³-hybridized carbons (Fsp3) is 0.263. The van der Waals surface area contributed by atoms with Crippen molar-refractivity contribution in [1.29, 1.82) is 0 Å². The van der Waals surface area contributed by atoms with Gasteiger partial charge < -0.3 is 21.0 Å². The summed E-state index contributed by atoms with van der Waals surface area (Å²) in [5.74, 6) is -1.83. The van der Waals surface area contributed by atoms with Gasteiger partial charge in [0.2, 0.25) is 5.16 Å². The third kappa shape index (κ3) is 4.24. The molecule has 2 atom stereocenters. The molecule has 14 nitrogen and oxygen atoms in total. The number of nitrogens with two attached hydrogens (primary N) is 1. The lowest BCUT2D eigenvalue weighted by atomic mass is 10.0. The third-order valence-electron chi connectivity index (χ3n) is 5.22. The van der Waals surface area contributed by atoms with Crippen molar-refractivity contribution in [1.82, 2.24) is 35.0 Å². The summed E-state index contributed by atoms with van der Waals surface area (Å²) in [5, 5.41) is 30.3. The van der Waals surface area contributed by atoms with E-state index < -0.39 is 29.2 Å². The van der Waals surface area contributed by atoms with Crippen molar-refractivity contribution in [3.05, 3.63) is 40.7 Å². The molecule has 5 rings (SSSR count). The molecule has 0 bridgehead atoms. The molecule has 3 aromatic rings. The number of hydrogen-bond acceptors (Lipinski definition) is 13. The van der Waals surface area contributed by atoms with Gasteiger partial charge in [-0.2, -0.15) is 9.61 Å². The molecule has 2 aliphatic heterocycles. The first-order valence-electron chi connectivity index (χ1n) is 10.2. The highest BCUT2D eigenvalue weighted by molar-refractivity contribution is 8.01. The van der Waals surface area contributed by atoms with Gasteiger partial charge in [-0.1, -0.05) is 16.9 Å². The third-order valence-corrected chi connectivity index (χ3v) is 8.24. The first-order valence-corrected chi connectivity index (χ1v) is 13.1. The number of rotatable bonds is 8. The Kier molecular flexibility index (Phi) is 6.50. The van der Waals surface area contributed by atoms with Crippen molar-refractivity contribution in [3.63, 3.8) is 0 Å². The number of β-lactam (4-membered cyclic amide) rings is 1. The van der Waals surface area contributed by atoms with Gasteiger partial charge in [0.1, 0.15) is 29.9 Å². The number of nitrogen functional groups attached to an aromatic ring is 1. The number of thioether (sulfide) groups is 2. The fourth-order valence-corrected chi connectivity index (χ4v) is 6.59. The van der Waals surface area contributed by atoms with Crippen LogP contribution < -0.4 is 11.1 Å². The van der Waals surface area contributed by atoms with E-state index in [9.17, 15) is 19.5 Å². The van der Waals surface area contributed by atoms with Crippen LogP contribution >= 0.6 is 34.9 Å². The number of thiazole rings is 1. The van der Waals surface area contributed by atoms with E-state index in [0.717, 1.165) is 11.3 Å². The summed E-state index contributed by atoms with van der Waals surface area (Å²) >= 11 is 3.75. The summed E-state index contributed by atoms with van der Waals surface area (Å²) in [6.45, 7) is 0. The summed E-state index contributed by atoms with van der Waals surface area (Å²) in [6.07, 6.45) is 1.60. The van der Waals surface area contributed by atoms with Crippen LogP contribution in [0.5, 0.6) is 0 Å². The molecule has 36 heavy (non-hydrogen) atoms. The Balaban J connectivity index is 1.32. The Morgan fingerprint density at radius 1 is 1.42 bits per heavy atom. The average Bonchev–Trinajstić information content (AvgIpc) is 3.49. The molecule has 1 fully saturated rings. The highest BCUT2D eigenvalue weighted by atomic mass is 32.2. The van der Waals surface area contributed by atoms with Crippen molar-refractivity contribution in [3.8, 4) is 0 Å². The van der Waals surface area contributed by atoms with Gasteiger partial charge in [0.05, 0.1) is 0 Å². The standard InChI is InChI=1S/C19H17N9O5S3/c1-33-26-11(9-7-35-18(20)22-9)14(29)23-12-15(30)27-13(17(31)32)8(5-34-16(12)27)6-36-19-25-24-10-3-2-4-21-28(10)19/h2-4,7,12,16H,5-6H2,1H3,(H2,20,22)(H,23,29)(H,31,32)/b26-11-/t12-,16-/m1/s1. The van der Waals surface area contributed by atoms with Crippen molar-refractivity contribution in [2.45, 2.75) is 16.6 Å².